The van der Waals surface area contributed by atoms with Gasteiger partial charge in [0.25, 0.3) is 0 Å². The molecule has 0 saturated heterocycles. The molecule has 2 aliphatic carbocycles. The van der Waals surface area contributed by atoms with Gasteiger partial charge in [0.2, 0.25) is 0 Å². The van der Waals surface area contributed by atoms with Crippen LogP contribution in [0.4, 0.5) is 17.1 Å². The molecule has 0 aliphatic heterocycles. The molecule has 2 nitrogen and oxygen atoms in total. The predicted molar refractivity (Wildman–Crippen MR) is 265 cm³/mol. The summed E-state index contributed by atoms with van der Waals surface area (Å²) in [5, 5.41) is 4.71. The highest BCUT2D eigenvalue weighted by molar-refractivity contribution is 6.11. The minimum absolute atomic E-state index is 0.0224. The number of para-hydroxylation sites is 2. The fourth-order valence-electron chi connectivity index (χ4n) is 10.8. The molecule has 0 radical (unpaired) electrons. The summed E-state index contributed by atoms with van der Waals surface area (Å²) in [5.74, 6) is 0. The Morgan fingerprint density at radius 2 is 1.00 bits per heavy atom. The Labute approximate surface area is 370 Å². The first kappa shape index (κ1) is 37.6. The lowest BCUT2D eigenvalue weighted by molar-refractivity contribution is 0.586. The molecule has 1 spiro atoms. The van der Waals surface area contributed by atoms with Gasteiger partial charge >= 0.3 is 0 Å². The molecule has 63 heavy (non-hydrogen) atoms. The molecule has 0 bridgehead atoms. The van der Waals surface area contributed by atoms with Crippen molar-refractivity contribution in [2.45, 2.75) is 57.8 Å². The molecule has 2 heteroatoms. The number of benzene rings is 9. The van der Waals surface area contributed by atoms with Gasteiger partial charge < -0.3 is 9.32 Å². The molecule has 0 N–H and O–H groups in total. The van der Waals surface area contributed by atoms with E-state index in [-0.39, 0.29) is 10.8 Å². The average molecular weight is 812 g/mol. The summed E-state index contributed by atoms with van der Waals surface area (Å²) in [7, 11) is 0. The predicted octanol–water partition coefficient (Wildman–Crippen LogP) is 16.8. The molecule has 0 fully saturated rings. The topological polar surface area (TPSA) is 16.4 Å². The zero-order chi connectivity index (χ0) is 42.8. The van der Waals surface area contributed by atoms with Gasteiger partial charge in [-0.05, 0) is 119 Å². The Morgan fingerprint density at radius 3 is 1.73 bits per heavy atom. The van der Waals surface area contributed by atoms with Crippen LogP contribution in [-0.4, -0.2) is 0 Å². The molecule has 0 unspecified atom stereocenters. The van der Waals surface area contributed by atoms with Gasteiger partial charge in [-0.2, -0.15) is 0 Å². The van der Waals surface area contributed by atoms with E-state index in [0.29, 0.717) is 0 Å². The molecule has 1 aromatic heterocycles. The monoisotopic (exact) mass is 811 g/mol. The Morgan fingerprint density at radius 1 is 0.413 bits per heavy atom. The fourth-order valence-corrected chi connectivity index (χ4v) is 10.8. The standard InChI is InChI=1S/C61H49NO/c1-59(2,3)42-29-33-45-46-34-30-43(60(4,5)6)37-53(46)61(52(45)36-42)50-20-11-9-18-49(50)57-51(61)21-14-22-54(57)62(55-23-13-19-48-47-17-10-12-24-56(47)63-58(48)55)44-31-27-39(28-32-44)41-26-25-38-15-7-8-16-40(38)35-41/h7-37H,1-6H3. The third-order valence-electron chi connectivity index (χ3n) is 14.0. The summed E-state index contributed by atoms with van der Waals surface area (Å²) in [6.07, 6.45) is 0. The van der Waals surface area contributed by atoms with Gasteiger partial charge in [0, 0.05) is 22.0 Å². The second kappa shape index (κ2) is 13.4. The van der Waals surface area contributed by atoms with Crippen molar-refractivity contribution in [3.8, 4) is 33.4 Å². The van der Waals surface area contributed by atoms with Gasteiger partial charge in [0.15, 0.2) is 5.58 Å². The summed E-state index contributed by atoms with van der Waals surface area (Å²) < 4.78 is 6.86. The van der Waals surface area contributed by atoms with Crippen molar-refractivity contribution < 1.29 is 4.42 Å². The van der Waals surface area contributed by atoms with Crippen LogP contribution in [-0.2, 0) is 16.2 Å². The first-order valence-corrected chi connectivity index (χ1v) is 22.3. The molecular formula is C61H49NO. The molecular weight excluding hydrogens is 763 g/mol. The van der Waals surface area contributed by atoms with Crippen LogP contribution in [0.1, 0.15) is 74.9 Å². The number of anilines is 3. The van der Waals surface area contributed by atoms with Gasteiger partial charge in [-0.15, -0.1) is 0 Å². The van der Waals surface area contributed by atoms with Crippen LogP contribution in [0, 0.1) is 0 Å². The van der Waals surface area contributed by atoms with Gasteiger partial charge in [-0.25, -0.2) is 0 Å². The summed E-state index contributed by atoms with van der Waals surface area (Å²) >= 11 is 0. The molecule has 9 aromatic carbocycles. The van der Waals surface area contributed by atoms with Crippen LogP contribution in [0.15, 0.2) is 192 Å². The largest absolute Gasteiger partial charge is 0.454 e. The van der Waals surface area contributed by atoms with E-state index in [4.69, 9.17) is 4.42 Å². The van der Waals surface area contributed by atoms with Crippen molar-refractivity contribution in [2.75, 3.05) is 4.90 Å². The molecule has 0 atom stereocenters. The highest BCUT2D eigenvalue weighted by atomic mass is 16.3. The Bertz CT molecular complexity index is 3410. The van der Waals surface area contributed by atoms with E-state index in [9.17, 15) is 0 Å². The first-order chi connectivity index (χ1) is 30.5. The van der Waals surface area contributed by atoms with E-state index in [1.54, 1.807) is 0 Å². The van der Waals surface area contributed by atoms with E-state index in [2.05, 4.69) is 234 Å². The highest BCUT2D eigenvalue weighted by Gasteiger charge is 2.53. The van der Waals surface area contributed by atoms with Crippen LogP contribution in [0.2, 0.25) is 0 Å². The number of nitrogens with zero attached hydrogens (tertiary/aromatic N) is 1. The van der Waals surface area contributed by atoms with E-state index < -0.39 is 5.41 Å². The maximum atomic E-state index is 6.86. The maximum absolute atomic E-state index is 6.86. The van der Waals surface area contributed by atoms with Gasteiger partial charge in [0.05, 0.1) is 16.8 Å². The third kappa shape index (κ3) is 5.50. The number of fused-ring (bicyclic) bond motifs is 14. The summed E-state index contributed by atoms with van der Waals surface area (Å²) in [4.78, 5) is 2.46. The quantitative estimate of drug-likeness (QED) is 0.176. The van der Waals surface area contributed by atoms with Crippen molar-refractivity contribution in [2.24, 2.45) is 0 Å². The molecule has 0 saturated carbocycles. The lowest BCUT2D eigenvalue weighted by atomic mass is 9.69. The van der Waals surface area contributed by atoms with Gasteiger partial charge in [-0.3, -0.25) is 0 Å². The van der Waals surface area contributed by atoms with Crippen LogP contribution < -0.4 is 4.90 Å². The third-order valence-corrected chi connectivity index (χ3v) is 14.0. The van der Waals surface area contributed by atoms with Crippen molar-refractivity contribution in [3.63, 3.8) is 0 Å². The normalized spacial score (nSPS) is 13.7. The zero-order valence-electron chi connectivity index (χ0n) is 36.8. The van der Waals surface area contributed by atoms with Crippen molar-refractivity contribution in [3.05, 3.63) is 221 Å². The molecule has 304 valence electrons. The van der Waals surface area contributed by atoms with Gasteiger partial charge in [-0.1, -0.05) is 193 Å². The number of furan rings is 1. The Kier molecular flexibility index (Phi) is 8.01. The minimum Gasteiger partial charge on any atom is -0.454 e. The minimum atomic E-state index is -0.522. The number of hydrogen-bond donors (Lipinski definition) is 0. The van der Waals surface area contributed by atoms with Crippen LogP contribution in [0.25, 0.3) is 66.1 Å². The fraction of sp³-hybridized carbons (Fsp3) is 0.148. The second-order valence-corrected chi connectivity index (χ2v) is 19.7. The van der Waals surface area contributed by atoms with Crippen molar-refractivity contribution in [1.29, 1.82) is 0 Å². The highest BCUT2D eigenvalue weighted by Crippen LogP contribution is 2.65. The average Bonchev–Trinajstić information content (AvgIpc) is 3.93. The van der Waals surface area contributed by atoms with Crippen molar-refractivity contribution in [1.82, 2.24) is 0 Å². The SMILES string of the molecule is CC(C)(C)c1ccc2c(c1)C1(c3cc(C(C)(C)C)ccc3-2)c2ccccc2-c2c(N(c3ccc(-c4ccc5ccccc5c4)cc3)c3cccc4c3oc3ccccc34)cccc21. The maximum Gasteiger partial charge on any atom is 0.159 e. The van der Waals surface area contributed by atoms with Gasteiger partial charge in [0.1, 0.15) is 5.58 Å². The van der Waals surface area contributed by atoms with E-state index in [1.807, 2.05) is 0 Å². The van der Waals surface area contributed by atoms with Crippen LogP contribution in [0.3, 0.4) is 0 Å². The Balaban J connectivity index is 1.15. The molecule has 12 rings (SSSR count). The summed E-state index contributed by atoms with van der Waals surface area (Å²) in [5.41, 5.74) is 20.0. The Hall–Kier alpha value is -7.16. The summed E-state index contributed by atoms with van der Waals surface area (Å²) in [6, 6.07) is 70.3. The smallest absolute Gasteiger partial charge is 0.159 e. The summed E-state index contributed by atoms with van der Waals surface area (Å²) in [6.45, 7) is 14.0. The molecule has 2 aliphatic rings. The van der Waals surface area contributed by atoms with E-state index >= 15 is 0 Å². The second-order valence-electron chi connectivity index (χ2n) is 19.7. The van der Waals surface area contributed by atoms with Crippen LogP contribution in [0.5, 0.6) is 0 Å². The molecule has 10 aromatic rings. The van der Waals surface area contributed by atoms with E-state index in [1.165, 1.54) is 77.5 Å². The van der Waals surface area contributed by atoms with Crippen molar-refractivity contribution >= 4 is 49.8 Å². The molecule has 0 amide bonds. The van der Waals surface area contributed by atoms with E-state index in [0.717, 1.165) is 39.0 Å². The zero-order valence-corrected chi connectivity index (χ0v) is 36.8. The first-order valence-electron chi connectivity index (χ1n) is 22.3. The number of rotatable bonds is 4. The number of hydrogen-bond acceptors (Lipinski definition) is 2. The lowest BCUT2D eigenvalue weighted by Gasteiger charge is -2.33. The van der Waals surface area contributed by atoms with Crippen LogP contribution >= 0.6 is 0 Å². The lowest BCUT2D eigenvalue weighted by Crippen LogP contribution is -2.27. The molecule has 1 heterocycles.